The summed E-state index contributed by atoms with van der Waals surface area (Å²) >= 11 is 9.17. The molecule has 2 N–H and O–H groups in total. The average molecular weight is 455 g/mol. The van der Waals surface area contributed by atoms with Gasteiger partial charge in [0.25, 0.3) is 5.91 Å². The van der Waals surface area contributed by atoms with Crippen molar-refractivity contribution in [2.45, 2.75) is 13.8 Å². The molecule has 2 rings (SSSR count). The van der Waals surface area contributed by atoms with Crippen LogP contribution in [0.3, 0.4) is 0 Å². The third-order valence-electron chi connectivity index (χ3n) is 3.79. The Balaban J connectivity index is 1.90. The van der Waals surface area contributed by atoms with E-state index in [0.29, 0.717) is 20.8 Å². The molecule has 0 bridgehead atoms. The highest BCUT2D eigenvalue weighted by molar-refractivity contribution is 9.10. The van der Waals surface area contributed by atoms with Crippen molar-refractivity contribution < 1.29 is 14.6 Å². The third-order valence-corrected chi connectivity index (χ3v) is 4.64. The fourth-order valence-corrected chi connectivity index (χ4v) is 3.17. The van der Waals surface area contributed by atoms with Gasteiger partial charge in [-0.25, -0.2) is 5.43 Å². The number of nitrogens with one attached hydrogen (secondary N) is 1. The van der Waals surface area contributed by atoms with Crippen molar-refractivity contribution in [3.8, 4) is 11.5 Å². The molecule has 2 aromatic rings. The molecule has 0 unspecified atom stereocenters. The van der Waals surface area contributed by atoms with E-state index < -0.39 is 5.91 Å². The quantitative estimate of drug-likeness (QED) is 0.463. The summed E-state index contributed by atoms with van der Waals surface area (Å²) in [6.07, 6.45) is 1.39. The molecule has 0 saturated heterocycles. The number of hydrazone groups is 1. The molecule has 0 aliphatic carbocycles. The Hall–Kier alpha value is -2.25. The first kappa shape index (κ1) is 21.1. The minimum atomic E-state index is -0.424. The van der Waals surface area contributed by atoms with Crippen molar-refractivity contribution in [3.05, 3.63) is 51.5 Å². The number of phenolic OH excluding ortho intramolecular Hbond substituents is 1. The minimum absolute atomic E-state index is 0.0961. The SMILES string of the molecule is CCN(CC)c1ccc(/C=N\NC(=O)COc2ccc(Cl)cc2Br)c(O)c1. The van der Waals surface area contributed by atoms with E-state index in [4.69, 9.17) is 16.3 Å². The lowest BCUT2D eigenvalue weighted by Gasteiger charge is -2.21. The molecule has 0 spiro atoms. The number of nitrogens with zero attached hydrogens (tertiary/aromatic N) is 2. The van der Waals surface area contributed by atoms with Gasteiger partial charge in [-0.05, 0) is 60.1 Å². The highest BCUT2D eigenvalue weighted by Gasteiger charge is 2.07. The van der Waals surface area contributed by atoms with Gasteiger partial charge in [0.15, 0.2) is 6.61 Å². The second-order valence-corrected chi connectivity index (χ2v) is 6.86. The molecule has 8 heteroatoms. The van der Waals surface area contributed by atoms with Gasteiger partial charge < -0.3 is 14.7 Å². The highest BCUT2D eigenvalue weighted by Crippen LogP contribution is 2.28. The number of carbonyl (C=O) groups is 1. The van der Waals surface area contributed by atoms with Gasteiger partial charge in [-0.3, -0.25) is 4.79 Å². The maximum atomic E-state index is 11.8. The summed E-state index contributed by atoms with van der Waals surface area (Å²) in [5.74, 6) is 0.175. The van der Waals surface area contributed by atoms with Gasteiger partial charge >= 0.3 is 0 Å². The van der Waals surface area contributed by atoms with Crippen LogP contribution in [0.15, 0.2) is 46.0 Å². The van der Waals surface area contributed by atoms with Crippen LogP contribution in [0.25, 0.3) is 0 Å². The summed E-state index contributed by atoms with van der Waals surface area (Å²) in [5, 5.41) is 14.6. The molecule has 0 fully saturated rings. The Labute approximate surface area is 171 Å². The van der Waals surface area contributed by atoms with Crippen LogP contribution in [0.2, 0.25) is 5.02 Å². The molecule has 0 radical (unpaired) electrons. The van der Waals surface area contributed by atoms with E-state index in [1.165, 1.54) is 6.21 Å². The van der Waals surface area contributed by atoms with Crippen LogP contribution in [0.1, 0.15) is 19.4 Å². The molecule has 2 aromatic carbocycles. The van der Waals surface area contributed by atoms with Gasteiger partial charge in [0.1, 0.15) is 11.5 Å². The molecule has 1 amide bonds. The second kappa shape index (κ2) is 10.2. The van der Waals surface area contributed by atoms with Crippen LogP contribution in [-0.4, -0.2) is 36.9 Å². The average Bonchev–Trinajstić information content (AvgIpc) is 2.63. The van der Waals surface area contributed by atoms with E-state index in [-0.39, 0.29) is 12.4 Å². The lowest BCUT2D eigenvalue weighted by atomic mass is 10.2. The first-order chi connectivity index (χ1) is 12.9. The van der Waals surface area contributed by atoms with Crippen molar-refractivity contribution >= 4 is 45.3 Å². The largest absolute Gasteiger partial charge is 0.507 e. The molecule has 0 aromatic heterocycles. The normalized spacial score (nSPS) is 10.8. The van der Waals surface area contributed by atoms with Crippen LogP contribution in [0, 0.1) is 0 Å². The summed E-state index contributed by atoms with van der Waals surface area (Å²) in [5.41, 5.74) is 3.80. The second-order valence-electron chi connectivity index (χ2n) is 5.57. The maximum Gasteiger partial charge on any atom is 0.277 e. The van der Waals surface area contributed by atoms with Gasteiger partial charge in [0.2, 0.25) is 0 Å². The third kappa shape index (κ3) is 6.15. The van der Waals surface area contributed by atoms with Crippen molar-refractivity contribution in [1.29, 1.82) is 0 Å². The van der Waals surface area contributed by atoms with Gasteiger partial charge in [0.05, 0.1) is 10.7 Å². The highest BCUT2D eigenvalue weighted by atomic mass is 79.9. The Bertz CT molecular complexity index is 826. The number of phenols is 1. The standard InChI is InChI=1S/C19H21BrClN3O3/c1-3-24(4-2)15-7-5-13(17(25)10-15)11-22-23-19(26)12-27-18-8-6-14(21)9-16(18)20/h5-11,25H,3-4,12H2,1-2H3,(H,23,26)/b22-11-. The number of ether oxygens (including phenoxy) is 1. The predicted octanol–water partition coefficient (Wildman–Crippen LogP) is 4.18. The van der Waals surface area contributed by atoms with Crippen molar-refractivity contribution in [1.82, 2.24) is 5.43 Å². The zero-order valence-corrected chi connectivity index (χ0v) is 17.4. The summed E-state index contributed by atoms with van der Waals surface area (Å²) in [6.45, 7) is 5.60. The summed E-state index contributed by atoms with van der Waals surface area (Å²) in [6, 6.07) is 10.3. The number of hydrogen-bond donors (Lipinski definition) is 2. The van der Waals surface area contributed by atoms with Gasteiger partial charge in [0, 0.05) is 35.4 Å². The summed E-state index contributed by atoms with van der Waals surface area (Å²) < 4.78 is 6.06. The number of amides is 1. The zero-order valence-electron chi connectivity index (χ0n) is 15.1. The minimum Gasteiger partial charge on any atom is -0.507 e. The fraction of sp³-hybridized carbons (Fsp3) is 0.263. The van der Waals surface area contributed by atoms with E-state index in [1.54, 1.807) is 30.3 Å². The van der Waals surface area contributed by atoms with Crippen molar-refractivity contribution in [3.63, 3.8) is 0 Å². The molecule has 144 valence electrons. The number of aromatic hydroxyl groups is 1. The Morgan fingerprint density at radius 1 is 1.30 bits per heavy atom. The fourth-order valence-electron chi connectivity index (χ4n) is 2.37. The lowest BCUT2D eigenvalue weighted by Crippen LogP contribution is -2.24. The van der Waals surface area contributed by atoms with Crippen molar-refractivity contribution in [2.24, 2.45) is 5.10 Å². The van der Waals surface area contributed by atoms with E-state index >= 15 is 0 Å². The first-order valence-corrected chi connectivity index (χ1v) is 9.59. The maximum absolute atomic E-state index is 11.8. The van der Waals surface area contributed by atoms with Crippen LogP contribution in [0.4, 0.5) is 5.69 Å². The molecule has 27 heavy (non-hydrogen) atoms. The Kier molecular flexibility index (Phi) is 7.94. The summed E-state index contributed by atoms with van der Waals surface area (Å²) in [7, 11) is 0. The topological polar surface area (TPSA) is 74.2 Å². The van der Waals surface area contributed by atoms with Crippen molar-refractivity contribution in [2.75, 3.05) is 24.6 Å². The molecular formula is C19H21BrClN3O3. The van der Waals surface area contributed by atoms with E-state index in [9.17, 15) is 9.90 Å². The monoisotopic (exact) mass is 453 g/mol. The van der Waals surface area contributed by atoms with Gasteiger partial charge in [-0.1, -0.05) is 11.6 Å². The molecule has 0 atom stereocenters. The smallest absolute Gasteiger partial charge is 0.277 e. The number of carbonyl (C=O) groups excluding carboxylic acids is 1. The van der Waals surface area contributed by atoms with E-state index in [2.05, 4.69) is 45.2 Å². The molecule has 0 aliphatic rings. The molecule has 0 heterocycles. The Morgan fingerprint density at radius 2 is 2.04 bits per heavy atom. The van der Waals surface area contributed by atoms with Crippen LogP contribution in [0.5, 0.6) is 11.5 Å². The first-order valence-electron chi connectivity index (χ1n) is 8.42. The number of rotatable bonds is 8. The van der Waals surface area contributed by atoms with Gasteiger partial charge in [-0.2, -0.15) is 5.10 Å². The number of halogens is 2. The van der Waals surface area contributed by atoms with E-state index in [1.807, 2.05) is 6.07 Å². The van der Waals surface area contributed by atoms with Crippen LogP contribution in [-0.2, 0) is 4.79 Å². The molecule has 6 nitrogen and oxygen atoms in total. The summed E-state index contributed by atoms with van der Waals surface area (Å²) in [4.78, 5) is 14.0. The molecule has 0 aliphatic heterocycles. The zero-order chi connectivity index (χ0) is 19.8. The number of anilines is 1. The molecule has 0 saturated carbocycles. The molecular weight excluding hydrogens is 434 g/mol. The van der Waals surface area contributed by atoms with Crippen LogP contribution >= 0.6 is 27.5 Å². The predicted molar refractivity (Wildman–Crippen MR) is 112 cm³/mol. The Morgan fingerprint density at radius 3 is 2.67 bits per heavy atom. The number of hydrogen-bond acceptors (Lipinski definition) is 5. The van der Waals surface area contributed by atoms with E-state index in [0.717, 1.165) is 18.8 Å². The number of benzene rings is 2. The lowest BCUT2D eigenvalue weighted by molar-refractivity contribution is -0.123. The van der Waals surface area contributed by atoms with Gasteiger partial charge in [-0.15, -0.1) is 0 Å². The van der Waals surface area contributed by atoms with Crippen LogP contribution < -0.4 is 15.1 Å².